The first-order valence-electron chi connectivity index (χ1n) is 12.9. The first kappa shape index (κ1) is 29.2. The lowest BCUT2D eigenvalue weighted by Crippen LogP contribution is -2.65. The number of hydrogen-bond donors (Lipinski definition) is 5. The fourth-order valence-corrected chi connectivity index (χ4v) is 6.59. The molecule has 0 bridgehead atoms. The summed E-state index contributed by atoms with van der Waals surface area (Å²) >= 11 is 0. The molecular weight excluding hydrogens is 520 g/mol. The van der Waals surface area contributed by atoms with Gasteiger partial charge < -0.3 is 31.1 Å². The van der Waals surface area contributed by atoms with Crippen molar-refractivity contribution in [2.75, 3.05) is 46.7 Å². The number of amides is 1. The number of carbonyl (C=O) groups is 4. The number of carbonyl (C=O) groups excluding carboxylic acids is 4. The minimum Gasteiger partial charge on any atom is -0.508 e. The predicted octanol–water partition coefficient (Wildman–Crippen LogP) is 0.0508. The second-order valence-corrected chi connectivity index (χ2v) is 11.5. The second kappa shape index (κ2) is 10.0. The zero-order valence-corrected chi connectivity index (χ0v) is 23.5. The van der Waals surface area contributed by atoms with Crippen LogP contribution in [0.3, 0.4) is 0 Å². The van der Waals surface area contributed by atoms with Crippen molar-refractivity contribution in [1.29, 1.82) is 0 Å². The van der Waals surface area contributed by atoms with Gasteiger partial charge in [-0.15, -0.1) is 0 Å². The van der Waals surface area contributed by atoms with Crippen LogP contribution in [0, 0.1) is 11.8 Å². The lowest BCUT2D eigenvalue weighted by atomic mass is 9.57. The van der Waals surface area contributed by atoms with Crippen LogP contribution in [0.1, 0.15) is 30.0 Å². The van der Waals surface area contributed by atoms with Gasteiger partial charge in [-0.25, -0.2) is 0 Å². The van der Waals surface area contributed by atoms with Crippen molar-refractivity contribution < 1.29 is 39.6 Å². The number of Topliss-reactive ketones (excluding diaryl/α,β-unsaturated/α-hetero) is 3. The van der Waals surface area contributed by atoms with Gasteiger partial charge in [0.25, 0.3) is 5.91 Å². The number of benzene rings is 1. The average Bonchev–Trinajstić information content (AvgIpc) is 2.81. The molecule has 0 spiro atoms. The number of rotatable bonds is 7. The lowest BCUT2D eigenvalue weighted by Gasteiger charge is -2.50. The van der Waals surface area contributed by atoms with Crippen molar-refractivity contribution in [3.8, 4) is 5.75 Å². The first-order chi connectivity index (χ1) is 18.5. The molecule has 0 heterocycles. The third-order valence-corrected chi connectivity index (χ3v) is 8.19. The van der Waals surface area contributed by atoms with Crippen LogP contribution in [0.25, 0.3) is 5.76 Å². The molecule has 0 unspecified atom stereocenters. The van der Waals surface area contributed by atoms with Crippen LogP contribution in [0.5, 0.6) is 5.75 Å². The van der Waals surface area contributed by atoms with Gasteiger partial charge >= 0.3 is 0 Å². The van der Waals surface area contributed by atoms with E-state index in [1.165, 1.54) is 11.8 Å². The Balaban J connectivity index is 1.95. The fourth-order valence-electron chi connectivity index (χ4n) is 6.59. The molecule has 40 heavy (non-hydrogen) atoms. The highest BCUT2D eigenvalue weighted by atomic mass is 16.3. The van der Waals surface area contributed by atoms with Crippen LogP contribution in [0.4, 0.5) is 5.69 Å². The number of likely N-dealkylation sites (N-methyl/N-ethyl adjacent to an activating group) is 2. The van der Waals surface area contributed by atoms with Gasteiger partial charge in [-0.3, -0.25) is 29.0 Å². The van der Waals surface area contributed by atoms with Gasteiger partial charge in [-0.05, 0) is 58.5 Å². The minimum absolute atomic E-state index is 0.0164. The van der Waals surface area contributed by atoms with Gasteiger partial charge in [0, 0.05) is 43.4 Å². The van der Waals surface area contributed by atoms with Gasteiger partial charge in [0.05, 0.1) is 18.2 Å². The van der Waals surface area contributed by atoms with Gasteiger partial charge in [-0.1, -0.05) is 0 Å². The molecule has 1 aromatic carbocycles. The molecule has 12 heteroatoms. The number of anilines is 1. The highest BCUT2D eigenvalue weighted by Crippen LogP contribution is 2.54. The fraction of sp³-hybridized carbons (Fsp3) is 0.500. The average molecular weight is 557 g/mol. The summed E-state index contributed by atoms with van der Waals surface area (Å²) in [6, 6.07) is 0.628. The van der Waals surface area contributed by atoms with E-state index in [0.717, 1.165) is 0 Å². The van der Waals surface area contributed by atoms with Gasteiger partial charge in [0.15, 0.2) is 11.4 Å². The molecule has 216 valence electrons. The second-order valence-electron chi connectivity index (χ2n) is 11.5. The maximum atomic E-state index is 14.0. The number of hydrogen-bond acceptors (Lipinski definition) is 11. The molecule has 0 aliphatic heterocycles. The first-order valence-corrected chi connectivity index (χ1v) is 12.9. The van der Waals surface area contributed by atoms with Crippen molar-refractivity contribution >= 4 is 34.7 Å². The molecule has 0 saturated heterocycles. The number of primary amides is 1. The Kier molecular flexibility index (Phi) is 7.33. The highest BCUT2D eigenvalue weighted by Gasteiger charge is 2.64. The summed E-state index contributed by atoms with van der Waals surface area (Å²) in [6.07, 6.45) is 0.210. The summed E-state index contributed by atoms with van der Waals surface area (Å²) in [5.41, 5.74) is 3.31. The van der Waals surface area contributed by atoms with Crippen LogP contribution in [0.15, 0.2) is 23.0 Å². The van der Waals surface area contributed by atoms with E-state index in [0.29, 0.717) is 16.8 Å². The van der Waals surface area contributed by atoms with E-state index in [4.69, 9.17) is 5.73 Å². The van der Waals surface area contributed by atoms with Crippen molar-refractivity contribution in [3.63, 3.8) is 0 Å². The Morgan fingerprint density at radius 3 is 2.25 bits per heavy atom. The van der Waals surface area contributed by atoms with Crippen LogP contribution in [-0.4, -0.2) is 107 Å². The van der Waals surface area contributed by atoms with E-state index in [2.05, 4.69) is 0 Å². The predicted molar refractivity (Wildman–Crippen MR) is 146 cm³/mol. The molecule has 4 rings (SSSR count). The number of fused-ring (bicyclic) bond motifs is 3. The zero-order valence-electron chi connectivity index (χ0n) is 23.5. The lowest BCUT2D eigenvalue weighted by molar-refractivity contribution is -0.153. The quantitative estimate of drug-likeness (QED) is 0.286. The number of aromatic hydroxyl groups is 1. The van der Waals surface area contributed by atoms with Crippen LogP contribution < -0.4 is 10.6 Å². The topological polar surface area (TPSA) is 185 Å². The number of phenolic OH excluding ortho intramolecular Hbond substituents is 1. The molecule has 1 saturated carbocycles. The molecule has 6 N–H and O–H groups in total. The number of ketones is 3. The molecular formula is C28H36N4O8. The standard InChI is InChI=1S/C28H36N4O8/c1-12(33)10-32(6)11-14-9-17(30(2)3)15-7-13-8-16-21(31(4)5)24(36)20(27(29)39)26(38)28(16,40)25(37)18(13)23(35)19(15)22(14)34/h9,13,16,21,34-35,38,40H,7-8,10-11H2,1-6H3,(H2,29,39)/t13-,16-,21-,28-/m0/s1. The Labute approximate surface area is 232 Å². The van der Waals surface area contributed by atoms with Crippen LogP contribution in [-0.2, 0) is 32.1 Å². The van der Waals surface area contributed by atoms with Crippen molar-refractivity contribution in [3.05, 3.63) is 39.7 Å². The van der Waals surface area contributed by atoms with Crippen molar-refractivity contribution in [2.24, 2.45) is 17.6 Å². The van der Waals surface area contributed by atoms with E-state index in [-0.39, 0.29) is 48.6 Å². The van der Waals surface area contributed by atoms with Crippen LogP contribution in [0.2, 0.25) is 0 Å². The number of nitrogens with zero attached hydrogens (tertiary/aromatic N) is 3. The molecule has 1 fully saturated rings. The van der Waals surface area contributed by atoms with Gasteiger partial charge in [0.1, 0.15) is 28.6 Å². The largest absolute Gasteiger partial charge is 0.508 e. The Morgan fingerprint density at radius 2 is 1.73 bits per heavy atom. The maximum Gasteiger partial charge on any atom is 0.255 e. The monoisotopic (exact) mass is 556 g/mol. The third kappa shape index (κ3) is 4.27. The molecule has 0 aromatic heterocycles. The minimum atomic E-state index is -2.69. The number of aliphatic hydroxyl groups is 3. The molecule has 1 aromatic rings. The Bertz CT molecular complexity index is 1390. The van der Waals surface area contributed by atoms with E-state index in [1.807, 2.05) is 4.90 Å². The summed E-state index contributed by atoms with van der Waals surface area (Å²) in [7, 11) is 8.42. The third-order valence-electron chi connectivity index (χ3n) is 8.19. The van der Waals surface area contributed by atoms with E-state index < -0.39 is 58.0 Å². The molecule has 3 aliphatic rings. The number of nitrogens with two attached hydrogens (primary N) is 1. The Morgan fingerprint density at radius 1 is 1.10 bits per heavy atom. The summed E-state index contributed by atoms with van der Waals surface area (Å²) in [5.74, 6) is -6.95. The van der Waals surface area contributed by atoms with E-state index in [9.17, 15) is 39.6 Å². The molecule has 1 amide bonds. The van der Waals surface area contributed by atoms with E-state index >= 15 is 0 Å². The molecule has 12 nitrogen and oxygen atoms in total. The number of aliphatic hydroxyl groups excluding tert-OH is 2. The summed E-state index contributed by atoms with van der Waals surface area (Å²) in [5, 5.41) is 45.6. The normalized spacial score (nSPS) is 26.2. The maximum absolute atomic E-state index is 14.0. The van der Waals surface area contributed by atoms with Crippen molar-refractivity contribution in [1.82, 2.24) is 9.80 Å². The summed E-state index contributed by atoms with van der Waals surface area (Å²) < 4.78 is 0. The smallest absolute Gasteiger partial charge is 0.255 e. The Hall–Kier alpha value is -3.74. The molecule has 4 atom stereocenters. The van der Waals surface area contributed by atoms with E-state index in [1.54, 1.807) is 46.2 Å². The summed E-state index contributed by atoms with van der Waals surface area (Å²) in [6.45, 7) is 1.75. The van der Waals surface area contributed by atoms with Crippen LogP contribution >= 0.6 is 0 Å². The zero-order chi connectivity index (χ0) is 30.0. The molecule has 0 radical (unpaired) electrons. The highest BCUT2D eigenvalue weighted by molar-refractivity contribution is 6.24. The van der Waals surface area contributed by atoms with Gasteiger partial charge in [0.2, 0.25) is 5.78 Å². The van der Waals surface area contributed by atoms with Gasteiger partial charge in [-0.2, -0.15) is 0 Å². The number of phenols is 1. The molecule has 3 aliphatic carbocycles. The summed E-state index contributed by atoms with van der Waals surface area (Å²) in [4.78, 5) is 56.0. The SMILES string of the molecule is CC(=O)CN(C)Cc1cc(N(C)C)c2c(c1O)C(O)=C1C(=O)[C@]3(O)C(O)=C(C(N)=O)C(=O)[C@@H](N(C)C)[C@@H]3C[C@@H]1C2. The van der Waals surface area contributed by atoms with Crippen molar-refractivity contribution in [2.45, 2.75) is 38.0 Å².